The molecule has 0 bridgehead atoms. The zero-order valence-electron chi connectivity index (χ0n) is 9.59. The van der Waals surface area contributed by atoms with Crippen LogP contribution in [0.15, 0.2) is 18.2 Å². The van der Waals surface area contributed by atoms with Crippen molar-refractivity contribution in [3.05, 3.63) is 29.6 Å². The van der Waals surface area contributed by atoms with E-state index in [4.69, 9.17) is 5.73 Å². The molecule has 0 fully saturated rings. The van der Waals surface area contributed by atoms with E-state index in [2.05, 4.69) is 5.32 Å². The minimum absolute atomic E-state index is 0.107. The van der Waals surface area contributed by atoms with Crippen molar-refractivity contribution in [2.24, 2.45) is 0 Å². The molecule has 16 heavy (non-hydrogen) atoms. The highest BCUT2D eigenvalue weighted by Crippen LogP contribution is 2.13. The van der Waals surface area contributed by atoms with Crippen LogP contribution >= 0.6 is 0 Å². The van der Waals surface area contributed by atoms with Crippen molar-refractivity contribution in [3.63, 3.8) is 0 Å². The van der Waals surface area contributed by atoms with Crippen LogP contribution in [-0.4, -0.2) is 11.9 Å². The number of anilines is 1. The predicted molar refractivity (Wildman–Crippen MR) is 62.6 cm³/mol. The highest BCUT2D eigenvalue weighted by molar-refractivity contribution is 5.99. The maximum atomic E-state index is 13.0. The van der Waals surface area contributed by atoms with Crippen molar-refractivity contribution in [2.75, 3.05) is 5.73 Å². The summed E-state index contributed by atoms with van der Waals surface area (Å²) in [7, 11) is 0. The molecule has 3 nitrogen and oxygen atoms in total. The maximum absolute atomic E-state index is 13.0. The largest absolute Gasteiger partial charge is 0.398 e. The van der Waals surface area contributed by atoms with Crippen LogP contribution in [0.25, 0.3) is 0 Å². The monoisotopic (exact) mass is 224 g/mol. The van der Waals surface area contributed by atoms with Gasteiger partial charge in [0.1, 0.15) is 5.82 Å². The Morgan fingerprint density at radius 2 is 2.06 bits per heavy atom. The second-order valence-corrected chi connectivity index (χ2v) is 3.72. The summed E-state index contributed by atoms with van der Waals surface area (Å²) in [4.78, 5) is 11.8. The molecular formula is C12H17FN2O. The van der Waals surface area contributed by atoms with Crippen LogP contribution < -0.4 is 11.1 Å². The summed E-state index contributed by atoms with van der Waals surface area (Å²) in [6.07, 6.45) is 1.69. The van der Waals surface area contributed by atoms with Crippen molar-refractivity contribution >= 4 is 11.6 Å². The molecule has 1 aromatic rings. The van der Waals surface area contributed by atoms with Gasteiger partial charge in [0.2, 0.25) is 0 Å². The lowest BCUT2D eigenvalue weighted by molar-refractivity contribution is 0.0935. The third-order valence-electron chi connectivity index (χ3n) is 2.58. The molecule has 1 amide bonds. The molecule has 0 aliphatic rings. The second-order valence-electron chi connectivity index (χ2n) is 3.72. The summed E-state index contributed by atoms with van der Waals surface area (Å²) in [5, 5.41) is 2.82. The minimum atomic E-state index is -0.455. The van der Waals surface area contributed by atoms with Gasteiger partial charge in [-0.05, 0) is 31.0 Å². The number of rotatable bonds is 4. The van der Waals surface area contributed by atoms with E-state index >= 15 is 0 Å². The zero-order chi connectivity index (χ0) is 12.1. The van der Waals surface area contributed by atoms with Crippen LogP contribution in [0.5, 0.6) is 0 Å². The van der Waals surface area contributed by atoms with Crippen molar-refractivity contribution in [1.82, 2.24) is 5.32 Å². The van der Waals surface area contributed by atoms with Crippen molar-refractivity contribution in [2.45, 2.75) is 32.7 Å². The van der Waals surface area contributed by atoms with Gasteiger partial charge in [0.05, 0.1) is 5.56 Å². The molecule has 3 N–H and O–H groups in total. The molecule has 0 heterocycles. The highest BCUT2D eigenvalue weighted by atomic mass is 19.1. The molecule has 0 atom stereocenters. The van der Waals surface area contributed by atoms with Gasteiger partial charge in [0.25, 0.3) is 5.91 Å². The molecular weight excluding hydrogens is 207 g/mol. The number of nitrogen functional groups attached to an aromatic ring is 1. The number of benzene rings is 1. The first kappa shape index (κ1) is 12.5. The van der Waals surface area contributed by atoms with E-state index in [1.165, 1.54) is 12.1 Å². The number of hydrogen-bond donors (Lipinski definition) is 2. The summed E-state index contributed by atoms with van der Waals surface area (Å²) in [5.74, 6) is -0.769. The molecule has 0 radical (unpaired) electrons. The Kier molecular flexibility index (Phi) is 4.28. The third-order valence-corrected chi connectivity index (χ3v) is 2.58. The second kappa shape index (κ2) is 5.49. The molecule has 0 unspecified atom stereocenters. The van der Waals surface area contributed by atoms with E-state index in [1.807, 2.05) is 13.8 Å². The molecule has 88 valence electrons. The summed E-state index contributed by atoms with van der Waals surface area (Å²) >= 11 is 0. The lowest BCUT2D eigenvalue weighted by Crippen LogP contribution is -2.34. The Morgan fingerprint density at radius 1 is 1.44 bits per heavy atom. The normalized spacial score (nSPS) is 10.5. The Hall–Kier alpha value is -1.58. The summed E-state index contributed by atoms with van der Waals surface area (Å²) in [5.41, 5.74) is 6.12. The van der Waals surface area contributed by atoms with Crippen molar-refractivity contribution in [3.8, 4) is 0 Å². The maximum Gasteiger partial charge on any atom is 0.253 e. The van der Waals surface area contributed by atoms with Gasteiger partial charge in [0.15, 0.2) is 0 Å². The molecule has 0 saturated heterocycles. The fraction of sp³-hybridized carbons (Fsp3) is 0.417. The lowest BCUT2D eigenvalue weighted by Gasteiger charge is -2.15. The fourth-order valence-electron chi connectivity index (χ4n) is 1.48. The summed E-state index contributed by atoms with van der Waals surface area (Å²) < 4.78 is 13.0. The van der Waals surface area contributed by atoms with E-state index in [-0.39, 0.29) is 17.5 Å². The minimum Gasteiger partial charge on any atom is -0.398 e. The van der Waals surface area contributed by atoms with Crippen LogP contribution in [0.4, 0.5) is 10.1 Å². The van der Waals surface area contributed by atoms with Gasteiger partial charge in [0, 0.05) is 11.7 Å². The number of amides is 1. The first-order chi connectivity index (χ1) is 7.58. The predicted octanol–water partition coefficient (Wildman–Crippen LogP) is 2.33. The molecule has 0 saturated carbocycles. The van der Waals surface area contributed by atoms with Crippen LogP contribution in [0.1, 0.15) is 37.0 Å². The Labute approximate surface area is 94.8 Å². The molecule has 0 spiro atoms. The number of halogens is 1. The van der Waals surface area contributed by atoms with Gasteiger partial charge in [-0.3, -0.25) is 4.79 Å². The van der Waals surface area contributed by atoms with Gasteiger partial charge in [-0.2, -0.15) is 0 Å². The Bertz CT molecular complexity index is 375. The number of nitrogens with one attached hydrogen (secondary N) is 1. The van der Waals surface area contributed by atoms with E-state index in [0.717, 1.165) is 18.9 Å². The first-order valence-electron chi connectivity index (χ1n) is 5.44. The smallest absolute Gasteiger partial charge is 0.253 e. The van der Waals surface area contributed by atoms with Gasteiger partial charge in [-0.1, -0.05) is 13.8 Å². The molecule has 0 aromatic heterocycles. The topological polar surface area (TPSA) is 55.1 Å². The van der Waals surface area contributed by atoms with Gasteiger partial charge < -0.3 is 11.1 Å². The average Bonchev–Trinajstić information content (AvgIpc) is 2.28. The SMILES string of the molecule is CCC(CC)NC(=O)c1cc(F)ccc1N. The lowest BCUT2D eigenvalue weighted by atomic mass is 10.1. The Balaban J connectivity index is 2.83. The van der Waals surface area contributed by atoms with Gasteiger partial charge >= 0.3 is 0 Å². The van der Waals surface area contributed by atoms with E-state index < -0.39 is 5.82 Å². The van der Waals surface area contributed by atoms with E-state index in [0.29, 0.717) is 5.69 Å². The van der Waals surface area contributed by atoms with E-state index in [1.54, 1.807) is 0 Å². The van der Waals surface area contributed by atoms with Crippen LogP contribution in [-0.2, 0) is 0 Å². The quantitative estimate of drug-likeness (QED) is 0.771. The third kappa shape index (κ3) is 2.95. The number of carbonyl (C=O) groups excluding carboxylic acids is 1. The molecule has 4 heteroatoms. The summed E-state index contributed by atoms with van der Waals surface area (Å²) in [6, 6.07) is 3.91. The number of hydrogen-bond acceptors (Lipinski definition) is 2. The average molecular weight is 224 g/mol. The van der Waals surface area contributed by atoms with Crippen molar-refractivity contribution in [1.29, 1.82) is 0 Å². The molecule has 0 aliphatic heterocycles. The molecule has 0 aliphatic carbocycles. The van der Waals surface area contributed by atoms with Crippen LogP contribution in [0.3, 0.4) is 0 Å². The number of nitrogens with two attached hydrogens (primary N) is 1. The Morgan fingerprint density at radius 3 is 2.62 bits per heavy atom. The van der Waals surface area contributed by atoms with Gasteiger partial charge in [-0.25, -0.2) is 4.39 Å². The molecule has 1 rings (SSSR count). The highest BCUT2D eigenvalue weighted by Gasteiger charge is 2.13. The first-order valence-corrected chi connectivity index (χ1v) is 5.44. The molecule has 1 aromatic carbocycles. The fourth-order valence-corrected chi connectivity index (χ4v) is 1.48. The van der Waals surface area contributed by atoms with Crippen LogP contribution in [0.2, 0.25) is 0 Å². The van der Waals surface area contributed by atoms with Gasteiger partial charge in [-0.15, -0.1) is 0 Å². The number of carbonyl (C=O) groups is 1. The summed E-state index contributed by atoms with van der Waals surface area (Å²) in [6.45, 7) is 3.98. The standard InChI is InChI=1S/C12H17FN2O/c1-3-9(4-2)15-12(16)10-7-8(13)5-6-11(10)14/h5-7,9H,3-4,14H2,1-2H3,(H,15,16). The van der Waals surface area contributed by atoms with Crippen molar-refractivity contribution < 1.29 is 9.18 Å². The van der Waals surface area contributed by atoms with Crippen LogP contribution in [0, 0.1) is 5.82 Å². The van der Waals surface area contributed by atoms with E-state index in [9.17, 15) is 9.18 Å². The zero-order valence-corrected chi connectivity index (χ0v) is 9.59.